The number of nitrogens with zero attached hydrogens (tertiary/aromatic N) is 2. The second-order valence-corrected chi connectivity index (χ2v) is 4.73. The maximum Gasteiger partial charge on any atom is 0.0580 e. The number of benzene rings is 3. The van der Waals surface area contributed by atoms with Gasteiger partial charge < -0.3 is 0 Å². The molecule has 0 unspecified atom stereocenters. The second-order valence-electron chi connectivity index (χ2n) is 4.73. The normalized spacial score (nSPS) is 10.1. The molecule has 0 aliphatic heterocycles. The number of rotatable bonds is 5. The number of halogens is 1. The number of anilines is 2. The molecule has 116 valence electrons. The van der Waals surface area contributed by atoms with Gasteiger partial charge in [-0.25, -0.2) is 0 Å². The van der Waals surface area contributed by atoms with Crippen molar-refractivity contribution >= 4 is 23.8 Å². The van der Waals surface area contributed by atoms with E-state index in [0.29, 0.717) is 0 Å². The summed E-state index contributed by atoms with van der Waals surface area (Å²) in [7, 11) is 0. The van der Waals surface area contributed by atoms with Crippen molar-refractivity contribution in [2.75, 3.05) is 10.9 Å². The van der Waals surface area contributed by atoms with E-state index in [2.05, 4.69) is 45.6 Å². The van der Waals surface area contributed by atoms with Gasteiger partial charge >= 0.3 is 0 Å². The molecule has 0 spiro atoms. The van der Waals surface area contributed by atoms with Crippen LogP contribution in [-0.4, -0.2) is 0 Å². The van der Waals surface area contributed by atoms with E-state index < -0.39 is 0 Å². The first-order valence-corrected chi connectivity index (χ1v) is 7.04. The molecule has 4 nitrogen and oxygen atoms in total. The minimum absolute atomic E-state index is 0. The van der Waals surface area contributed by atoms with E-state index in [1.54, 1.807) is 0 Å². The van der Waals surface area contributed by atoms with Crippen molar-refractivity contribution < 1.29 is 0 Å². The molecule has 3 aromatic carbocycles. The zero-order chi connectivity index (χ0) is 15.0. The van der Waals surface area contributed by atoms with Crippen LogP contribution in [0.4, 0.5) is 11.4 Å². The van der Waals surface area contributed by atoms with Crippen LogP contribution in [0.1, 0.15) is 0 Å². The molecule has 0 atom stereocenters. The Bertz CT molecular complexity index is 728. The molecule has 3 aromatic rings. The van der Waals surface area contributed by atoms with Crippen molar-refractivity contribution in [3.05, 3.63) is 84.9 Å². The average molecular weight is 325 g/mol. The van der Waals surface area contributed by atoms with Gasteiger partial charge in [0.15, 0.2) is 0 Å². The quantitative estimate of drug-likeness (QED) is 0.475. The molecule has 0 radical (unpaired) electrons. The third-order valence-corrected chi connectivity index (χ3v) is 3.17. The van der Waals surface area contributed by atoms with Crippen LogP contribution in [0.15, 0.2) is 95.4 Å². The number of hydrogen-bond acceptors (Lipinski definition) is 2. The lowest BCUT2D eigenvalue weighted by molar-refractivity contribution is 1.06. The minimum Gasteiger partial charge on any atom is -0.258 e. The van der Waals surface area contributed by atoms with E-state index in [1.807, 2.05) is 60.7 Å². The van der Waals surface area contributed by atoms with Crippen LogP contribution in [0.5, 0.6) is 0 Å². The summed E-state index contributed by atoms with van der Waals surface area (Å²) in [5.41, 5.74) is 9.89. The van der Waals surface area contributed by atoms with Gasteiger partial charge in [-0.3, -0.25) is 10.9 Å². The summed E-state index contributed by atoms with van der Waals surface area (Å²) in [6, 6.07) is 28.0. The largest absolute Gasteiger partial charge is 0.258 e. The molecule has 2 N–H and O–H groups in total. The topological polar surface area (TPSA) is 48.8 Å². The minimum atomic E-state index is 0. The molecule has 0 saturated carbocycles. The first-order chi connectivity index (χ1) is 10.9. The highest BCUT2D eigenvalue weighted by atomic mass is 35.5. The Hall–Kier alpha value is -2.85. The van der Waals surface area contributed by atoms with E-state index in [-0.39, 0.29) is 12.4 Å². The van der Waals surface area contributed by atoms with Gasteiger partial charge in [-0.2, -0.15) is 0 Å². The molecule has 5 heteroatoms. The molecule has 0 heterocycles. The highest BCUT2D eigenvalue weighted by Crippen LogP contribution is 2.20. The fourth-order valence-electron chi connectivity index (χ4n) is 2.05. The van der Waals surface area contributed by atoms with Crippen molar-refractivity contribution in [3.8, 4) is 11.1 Å². The molecule has 0 aromatic heterocycles. The molecular formula is C18H17ClN4. The zero-order valence-electron chi connectivity index (χ0n) is 12.4. The van der Waals surface area contributed by atoms with Gasteiger partial charge in [0, 0.05) is 0 Å². The van der Waals surface area contributed by atoms with Crippen LogP contribution >= 0.6 is 12.4 Å². The highest BCUT2D eigenvalue weighted by Gasteiger charge is 1.96. The van der Waals surface area contributed by atoms with Crippen LogP contribution in [-0.2, 0) is 0 Å². The standard InChI is InChI=1S/C18H16N4.ClH/c1-3-7-15(8-4-1)16-11-13-18(14-12-16)20-22-21-19-17-9-5-2-6-10-17;/h1-14H,(H,19,22)(H,20,21);1H. The average Bonchev–Trinajstić information content (AvgIpc) is 2.61. The lowest BCUT2D eigenvalue weighted by Crippen LogP contribution is -1.91. The molecule has 0 amide bonds. The lowest BCUT2D eigenvalue weighted by atomic mass is 10.1. The molecule has 3 rings (SSSR count). The van der Waals surface area contributed by atoms with Gasteiger partial charge in [0.1, 0.15) is 0 Å². The summed E-state index contributed by atoms with van der Waals surface area (Å²) in [5, 5.41) is 7.78. The molecule has 0 bridgehead atoms. The maximum atomic E-state index is 3.90. The summed E-state index contributed by atoms with van der Waals surface area (Å²) in [6.07, 6.45) is 0. The van der Waals surface area contributed by atoms with Crippen molar-refractivity contribution in [1.82, 2.24) is 0 Å². The first-order valence-electron chi connectivity index (χ1n) is 7.04. The van der Waals surface area contributed by atoms with E-state index in [9.17, 15) is 0 Å². The summed E-state index contributed by atoms with van der Waals surface area (Å²) in [6.45, 7) is 0. The van der Waals surface area contributed by atoms with Crippen LogP contribution < -0.4 is 10.9 Å². The Morgan fingerprint density at radius 2 is 0.913 bits per heavy atom. The summed E-state index contributed by atoms with van der Waals surface area (Å²) >= 11 is 0. The van der Waals surface area contributed by atoms with Gasteiger partial charge in [-0.1, -0.05) is 71.1 Å². The van der Waals surface area contributed by atoms with E-state index in [1.165, 1.54) is 11.1 Å². The van der Waals surface area contributed by atoms with E-state index in [0.717, 1.165) is 11.4 Å². The maximum absolute atomic E-state index is 3.90. The molecule has 0 aliphatic carbocycles. The van der Waals surface area contributed by atoms with Crippen molar-refractivity contribution in [2.45, 2.75) is 0 Å². The molecule has 0 saturated heterocycles. The summed E-state index contributed by atoms with van der Waals surface area (Å²) in [4.78, 5) is 0. The molecule has 23 heavy (non-hydrogen) atoms. The monoisotopic (exact) mass is 324 g/mol. The Morgan fingerprint density at radius 3 is 1.48 bits per heavy atom. The predicted octanol–water partition coefficient (Wildman–Crippen LogP) is 5.58. The van der Waals surface area contributed by atoms with Crippen LogP contribution in [0, 0.1) is 0 Å². The molecule has 0 aliphatic rings. The highest BCUT2D eigenvalue weighted by molar-refractivity contribution is 5.85. The number of para-hydroxylation sites is 1. The SMILES string of the molecule is Cl.c1ccc(NN=NNc2ccc(-c3ccccc3)cc2)cc1. The van der Waals surface area contributed by atoms with E-state index in [4.69, 9.17) is 0 Å². The predicted molar refractivity (Wildman–Crippen MR) is 97.7 cm³/mol. The van der Waals surface area contributed by atoms with Crippen molar-refractivity contribution in [1.29, 1.82) is 0 Å². The van der Waals surface area contributed by atoms with Gasteiger partial charge in [-0.05, 0) is 35.4 Å². The number of hydrogen-bond donors (Lipinski definition) is 2. The lowest BCUT2D eigenvalue weighted by Gasteiger charge is -2.03. The van der Waals surface area contributed by atoms with Crippen LogP contribution in [0.2, 0.25) is 0 Å². The third-order valence-electron chi connectivity index (χ3n) is 3.17. The third kappa shape index (κ3) is 4.83. The van der Waals surface area contributed by atoms with Gasteiger partial charge in [0.25, 0.3) is 0 Å². The Balaban J connectivity index is 0.00000192. The van der Waals surface area contributed by atoms with Gasteiger partial charge in [0.2, 0.25) is 0 Å². The Labute approximate surface area is 141 Å². The second kappa shape index (κ2) is 8.56. The Kier molecular flexibility index (Phi) is 6.15. The fourth-order valence-corrected chi connectivity index (χ4v) is 2.05. The first kappa shape index (κ1) is 16.5. The Morgan fingerprint density at radius 1 is 0.478 bits per heavy atom. The fraction of sp³-hybridized carbons (Fsp3) is 0. The van der Waals surface area contributed by atoms with Crippen molar-refractivity contribution in [3.63, 3.8) is 0 Å². The number of nitrogens with one attached hydrogen (secondary N) is 2. The van der Waals surface area contributed by atoms with Crippen molar-refractivity contribution in [2.24, 2.45) is 10.4 Å². The molecular weight excluding hydrogens is 308 g/mol. The van der Waals surface area contributed by atoms with Crippen LogP contribution in [0.25, 0.3) is 11.1 Å². The summed E-state index contributed by atoms with van der Waals surface area (Å²) < 4.78 is 0. The van der Waals surface area contributed by atoms with Crippen LogP contribution in [0.3, 0.4) is 0 Å². The van der Waals surface area contributed by atoms with E-state index >= 15 is 0 Å². The smallest absolute Gasteiger partial charge is 0.0580 e. The summed E-state index contributed by atoms with van der Waals surface area (Å²) in [5.74, 6) is 0. The molecule has 0 fully saturated rings. The zero-order valence-corrected chi connectivity index (χ0v) is 13.2. The van der Waals surface area contributed by atoms with Gasteiger partial charge in [-0.15, -0.1) is 12.4 Å². The van der Waals surface area contributed by atoms with Gasteiger partial charge in [0.05, 0.1) is 11.4 Å².